The first-order chi connectivity index (χ1) is 10.3. The lowest BCUT2D eigenvalue weighted by atomic mass is 10.1. The quantitative estimate of drug-likeness (QED) is 0.577. The van der Waals surface area contributed by atoms with E-state index in [4.69, 9.17) is 16.6 Å². The summed E-state index contributed by atoms with van der Waals surface area (Å²) < 4.78 is 0. The highest BCUT2D eigenvalue weighted by molar-refractivity contribution is 6.17. The van der Waals surface area contributed by atoms with Crippen molar-refractivity contribution in [3.05, 3.63) is 36.0 Å². The van der Waals surface area contributed by atoms with Crippen LogP contribution in [0.3, 0.4) is 0 Å². The molecule has 0 aliphatic heterocycles. The number of halogens is 1. The third kappa shape index (κ3) is 3.16. The molecule has 0 unspecified atom stereocenters. The monoisotopic (exact) mass is 302 g/mol. The lowest BCUT2D eigenvalue weighted by molar-refractivity contribution is 0.550. The van der Waals surface area contributed by atoms with E-state index in [2.05, 4.69) is 42.3 Å². The molecule has 0 radical (unpaired) electrons. The molecule has 0 bridgehead atoms. The summed E-state index contributed by atoms with van der Waals surface area (Å²) in [6, 6.07) is 11.2. The largest absolute Gasteiger partial charge is 0.356 e. The number of alkyl halides is 1. The molecule has 3 rings (SSSR count). The van der Waals surface area contributed by atoms with Gasteiger partial charge in [-0.15, -0.1) is 11.6 Å². The first-order valence-corrected chi connectivity index (χ1v) is 8.50. The lowest BCUT2D eigenvalue weighted by Gasteiger charge is -2.29. The van der Waals surface area contributed by atoms with Gasteiger partial charge in [-0.2, -0.15) is 0 Å². The van der Waals surface area contributed by atoms with E-state index in [0.29, 0.717) is 11.9 Å². The Hall–Kier alpha value is -1.28. The van der Waals surface area contributed by atoms with E-state index in [9.17, 15) is 0 Å². The second-order valence-electron chi connectivity index (χ2n) is 6.05. The van der Waals surface area contributed by atoms with E-state index in [1.165, 1.54) is 49.3 Å². The molecule has 112 valence electrons. The minimum Gasteiger partial charge on any atom is -0.356 e. The summed E-state index contributed by atoms with van der Waals surface area (Å²) in [5.74, 6) is 1.56. The molecule has 3 heteroatoms. The molecule has 21 heavy (non-hydrogen) atoms. The van der Waals surface area contributed by atoms with Crippen LogP contribution in [0, 0.1) is 0 Å². The van der Waals surface area contributed by atoms with Crippen LogP contribution in [-0.2, 0) is 5.88 Å². The summed E-state index contributed by atoms with van der Waals surface area (Å²) in [7, 11) is 2.20. The Labute approximate surface area is 132 Å². The molecule has 0 atom stereocenters. The number of hydrogen-bond donors (Lipinski definition) is 0. The third-order valence-corrected chi connectivity index (χ3v) is 4.89. The smallest absolute Gasteiger partial charge is 0.136 e. The van der Waals surface area contributed by atoms with Crippen LogP contribution in [0.1, 0.15) is 44.2 Å². The maximum atomic E-state index is 6.03. The Morgan fingerprint density at radius 2 is 1.86 bits per heavy atom. The number of rotatable bonds is 3. The molecule has 1 saturated carbocycles. The lowest BCUT2D eigenvalue weighted by Crippen LogP contribution is -2.32. The molecule has 1 heterocycles. The number of hydrogen-bond acceptors (Lipinski definition) is 2. The van der Waals surface area contributed by atoms with Gasteiger partial charge < -0.3 is 4.90 Å². The van der Waals surface area contributed by atoms with Crippen molar-refractivity contribution in [2.24, 2.45) is 0 Å². The average molecular weight is 303 g/mol. The maximum Gasteiger partial charge on any atom is 0.136 e. The fourth-order valence-corrected chi connectivity index (χ4v) is 3.53. The summed E-state index contributed by atoms with van der Waals surface area (Å²) in [5, 5.41) is 2.47. The van der Waals surface area contributed by atoms with Gasteiger partial charge in [0.05, 0.1) is 11.6 Å². The summed E-state index contributed by atoms with van der Waals surface area (Å²) in [6.45, 7) is 0. The summed E-state index contributed by atoms with van der Waals surface area (Å²) in [5.41, 5.74) is 0.964. The van der Waals surface area contributed by atoms with E-state index < -0.39 is 0 Å². The Balaban J connectivity index is 2.01. The van der Waals surface area contributed by atoms with E-state index in [1.54, 1.807) is 0 Å². The highest BCUT2D eigenvalue weighted by Gasteiger charge is 2.20. The van der Waals surface area contributed by atoms with Gasteiger partial charge >= 0.3 is 0 Å². The normalized spacial score (nSPS) is 16.9. The standard InChI is InChI=1S/C18H23ClN2/c1-21(16-9-4-2-3-5-10-16)18-17-11-7-6-8-14(17)12-15(13-19)20-18/h6-8,11-12,16H,2-5,9-10,13H2,1H3. The second-order valence-corrected chi connectivity index (χ2v) is 6.32. The molecule has 0 spiro atoms. The van der Waals surface area contributed by atoms with Gasteiger partial charge in [-0.3, -0.25) is 0 Å². The molecule has 1 aliphatic carbocycles. The third-order valence-electron chi connectivity index (χ3n) is 4.62. The fourth-order valence-electron chi connectivity index (χ4n) is 3.39. The van der Waals surface area contributed by atoms with Crippen LogP contribution in [0.5, 0.6) is 0 Å². The van der Waals surface area contributed by atoms with Crippen molar-refractivity contribution in [1.29, 1.82) is 0 Å². The average Bonchev–Trinajstić information content (AvgIpc) is 2.82. The van der Waals surface area contributed by atoms with Crippen molar-refractivity contribution < 1.29 is 0 Å². The topological polar surface area (TPSA) is 16.1 Å². The van der Waals surface area contributed by atoms with Crippen LogP contribution in [0.2, 0.25) is 0 Å². The van der Waals surface area contributed by atoms with Gasteiger partial charge in [0.25, 0.3) is 0 Å². The number of fused-ring (bicyclic) bond motifs is 1. The van der Waals surface area contributed by atoms with Crippen LogP contribution in [0.25, 0.3) is 10.8 Å². The van der Waals surface area contributed by atoms with E-state index in [-0.39, 0.29) is 0 Å². The van der Waals surface area contributed by atoms with E-state index in [0.717, 1.165) is 11.5 Å². The molecule has 0 saturated heterocycles. The van der Waals surface area contributed by atoms with Crippen molar-refractivity contribution >= 4 is 28.2 Å². The Bertz CT molecular complexity index is 603. The number of benzene rings is 1. The summed E-state index contributed by atoms with van der Waals surface area (Å²) in [6.07, 6.45) is 7.97. The predicted octanol–water partition coefficient (Wildman–Crippen LogP) is 5.13. The Kier molecular flexibility index (Phi) is 4.64. The van der Waals surface area contributed by atoms with Gasteiger partial charge in [0.15, 0.2) is 0 Å². The SMILES string of the molecule is CN(c1nc(CCl)cc2ccccc12)C1CCCCCC1. The second kappa shape index (κ2) is 6.65. The van der Waals surface area contributed by atoms with Crippen molar-refractivity contribution in [2.75, 3.05) is 11.9 Å². The Morgan fingerprint density at radius 3 is 2.57 bits per heavy atom. The summed E-state index contributed by atoms with van der Waals surface area (Å²) >= 11 is 6.03. The van der Waals surface area contributed by atoms with Gasteiger partial charge in [0.2, 0.25) is 0 Å². The van der Waals surface area contributed by atoms with Crippen molar-refractivity contribution in [3.63, 3.8) is 0 Å². The van der Waals surface area contributed by atoms with E-state index >= 15 is 0 Å². The molecule has 0 amide bonds. The molecule has 0 N–H and O–H groups in total. The number of nitrogens with zero attached hydrogens (tertiary/aromatic N) is 2. The molecule has 2 aromatic rings. The van der Waals surface area contributed by atoms with E-state index in [1.807, 2.05) is 0 Å². The number of aromatic nitrogens is 1. The molecule has 2 nitrogen and oxygen atoms in total. The van der Waals surface area contributed by atoms with Gasteiger partial charge in [-0.1, -0.05) is 49.9 Å². The van der Waals surface area contributed by atoms with Crippen molar-refractivity contribution in [3.8, 4) is 0 Å². The highest BCUT2D eigenvalue weighted by Crippen LogP contribution is 2.30. The van der Waals surface area contributed by atoms with Crippen LogP contribution in [0.4, 0.5) is 5.82 Å². The number of pyridine rings is 1. The minimum atomic E-state index is 0.469. The molecule has 1 aromatic heterocycles. The zero-order valence-corrected chi connectivity index (χ0v) is 13.4. The van der Waals surface area contributed by atoms with Gasteiger partial charge in [-0.05, 0) is 24.3 Å². The first kappa shape index (κ1) is 14.6. The van der Waals surface area contributed by atoms with Crippen molar-refractivity contribution in [1.82, 2.24) is 4.98 Å². The fraction of sp³-hybridized carbons (Fsp3) is 0.500. The van der Waals surface area contributed by atoms with Crippen molar-refractivity contribution in [2.45, 2.75) is 50.4 Å². The highest BCUT2D eigenvalue weighted by atomic mass is 35.5. The molecule has 1 aromatic carbocycles. The molecular weight excluding hydrogens is 280 g/mol. The predicted molar refractivity (Wildman–Crippen MR) is 91.2 cm³/mol. The van der Waals surface area contributed by atoms with Crippen LogP contribution in [0.15, 0.2) is 30.3 Å². The number of anilines is 1. The maximum absolute atomic E-state index is 6.03. The van der Waals surface area contributed by atoms with Gasteiger partial charge in [0, 0.05) is 18.5 Å². The van der Waals surface area contributed by atoms with Crippen LogP contribution in [-0.4, -0.2) is 18.1 Å². The zero-order chi connectivity index (χ0) is 14.7. The van der Waals surface area contributed by atoms with Crippen LogP contribution < -0.4 is 4.90 Å². The molecule has 1 fully saturated rings. The first-order valence-electron chi connectivity index (χ1n) is 7.97. The molecule has 1 aliphatic rings. The summed E-state index contributed by atoms with van der Waals surface area (Å²) in [4.78, 5) is 7.21. The minimum absolute atomic E-state index is 0.469. The zero-order valence-electron chi connectivity index (χ0n) is 12.7. The van der Waals surface area contributed by atoms with Gasteiger partial charge in [0.1, 0.15) is 5.82 Å². The molecular formula is C18H23ClN2. The van der Waals surface area contributed by atoms with Crippen LogP contribution >= 0.6 is 11.6 Å². The van der Waals surface area contributed by atoms with Gasteiger partial charge in [-0.25, -0.2) is 4.98 Å². The Morgan fingerprint density at radius 1 is 1.14 bits per heavy atom.